The summed E-state index contributed by atoms with van der Waals surface area (Å²) in [6.07, 6.45) is 3.08. The highest BCUT2D eigenvalue weighted by Crippen LogP contribution is 2.26. The average Bonchev–Trinajstić information content (AvgIpc) is 2.99. The van der Waals surface area contributed by atoms with Gasteiger partial charge in [0.1, 0.15) is 6.04 Å². The van der Waals surface area contributed by atoms with Crippen LogP contribution in [0.25, 0.3) is 0 Å². The number of amides is 2. The van der Waals surface area contributed by atoms with Gasteiger partial charge in [-0.15, -0.1) is 0 Å². The number of rotatable bonds is 3. The van der Waals surface area contributed by atoms with E-state index in [-0.39, 0.29) is 23.9 Å². The fourth-order valence-corrected chi connectivity index (χ4v) is 3.75. The van der Waals surface area contributed by atoms with Crippen LogP contribution in [-0.4, -0.2) is 46.8 Å². The Labute approximate surface area is 138 Å². The van der Waals surface area contributed by atoms with Crippen LogP contribution < -0.4 is 0 Å². The lowest BCUT2D eigenvalue weighted by atomic mass is 10.0. The van der Waals surface area contributed by atoms with Crippen molar-refractivity contribution in [2.24, 2.45) is 5.92 Å². The van der Waals surface area contributed by atoms with E-state index in [4.69, 9.17) is 0 Å². The van der Waals surface area contributed by atoms with E-state index in [1.165, 1.54) is 5.56 Å². The normalized spacial score (nSPS) is 24.3. The lowest BCUT2D eigenvalue weighted by molar-refractivity contribution is -0.141. The summed E-state index contributed by atoms with van der Waals surface area (Å²) in [4.78, 5) is 29.0. The summed E-state index contributed by atoms with van der Waals surface area (Å²) in [6, 6.07) is 7.73. The Kier molecular flexibility index (Phi) is 4.42. The van der Waals surface area contributed by atoms with E-state index < -0.39 is 0 Å². The molecular formula is C19H26N2O2. The minimum absolute atomic E-state index is 0.0199. The molecule has 0 aromatic heterocycles. The van der Waals surface area contributed by atoms with Gasteiger partial charge < -0.3 is 9.80 Å². The summed E-state index contributed by atoms with van der Waals surface area (Å²) in [5.74, 6) is 0.682. The first kappa shape index (κ1) is 16.0. The summed E-state index contributed by atoms with van der Waals surface area (Å²) >= 11 is 0. The van der Waals surface area contributed by atoms with Crippen molar-refractivity contribution >= 4 is 11.8 Å². The van der Waals surface area contributed by atoms with Gasteiger partial charge in [-0.2, -0.15) is 0 Å². The second-order valence-electron chi connectivity index (χ2n) is 7.26. The molecule has 2 saturated heterocycles. The third-order valence-corrected chi connectivity index (χ3v) is 5.00. The Hall–Kier alpha value is -1.84. The molecule has 2 amide bonds. The third-order valence-electron chi connectivity index (χ3n) is 5.00. The lowest BCUT2D eigenvalue weighted by Crippen LogP contribution is -2.60. The molecule has 0 unspecified atom stereocenters. The Bertz CT molecular complexity index is 594. The van der Waals surface area contributed by atoms with Gasteiger partial charge in [0.15, 0.2) is 0 Å². The molecule has 23 heavy (non-hydrogen) atoms. The monoisotopic (exact) mass is 314 g/mol. The SMILES string of the molecule is CC(C)Cc1ccc(C(=O)N2C[C@H]3CCCN3C(=O)[C@H]2C)cc1. The molecule has 3 rings (SSSR count). The highest BCUT2D eigenvalue weighted by atomic mass is 16.2. The molecule has 4 nitrogen and oxygen atoms in total. The standard InChI is InChI=1S/C19H26N2O2/c1-13(2)11-15-6-8-16(9-7-15)19(23)21-12-17-5-4-10-20(17)18(22)14(21)3/h6-9,13-14,17H,4-5,10-12H2,1-3H3/t14-,17-/m1/s1. The number of piperazine rings is 1. The minimum Gasteiger partial charge on any atom is -0.336 e. The number of carbonyl (C=O) groups excluding carboxylic acids is 2. The number of nitrogens with zero attached hydrogens (tertiary/aromatic N) is 2. The maximum Gasteiger partial charge on any atom is 0.254 e. The summed E-state index contributed by atoms with van der Waals surface area (Å²) in [5.41, 5.74) is 1.94. The van der Waals surface area contributed by atoms with Crippen molar-refractivity contribution in [3.63, 3.8) is 0 Å². The van der Waals surface area contributed by atoms with Gasteiger partial charge in [-0.25, -0.2) is 0 Å². The molecule has 0 aliphatic carbocycles. The first-order valence-electron chi connectivity index (χ1n) is 8.67. The molecule has 1 aromatic rings. The predicted octanol–water partition coefficient (Wildman–Crippen LogP) is 2.72. The molecule has 2 atom stereocenters. The topological polar surface area (TPSA) is 40.6 Å². The third kappa shape index (κ3) is 3.12. The first-order valence-corrected chi connectivity index (χ1v) is 8.67. The van der Waals surface area contributed by atoms with Crippen molar-refractivity contribution in [3.8, 4) is 0 Å². The molecule has 2 heterocycles. The minimum atomic E-state index is -0.354. The van der Waals surface area contributed by atoms with Gasteiger partial charge in [0, 0.05) is 24.7 Å². The van der Waals surface area contributed by atoms with Crippen LogP contribution in [0.1, 0.15) is 49.5 Å². The van der Waals surface area contributed by atoms with E-state index >= 15 is 0 Å². The van der Waals surface area contributed by atoms with E-state index in [1.54, 1.807) is 4.90 Å². The second-order valence-corrected chi connectivity index (χ2v) is 7.26. The largest absolute Gasteiger partial charge is 0.336 e. The summed E-state index contributed by atoms with van der Waals surface area (Å²) in [6.45, 7) is 7.74. The van der Waals surface area contributed by atoms with Crippen LogP contribution in [0.3, 0.4) is 0 Å². The molecule has 4 heteroatoms. The fourth-order valence-electron chi connectivity index (χ4n) is 3.75. The van der Waals surface area contributed by atoms with Crippen molar-refractivity contribution in [3.05, 3.63) is 35.4 Å². The molecule has 0 spiro atoms. The zero-order chi connectivity index (χ0) is 16.6. The van der Waals surface area contributed by atoms with Crippen LogP contribution in [0.4, 0.5) is 0 Å². The van der Waals surface area contributed by atoms with Gasteiger partial charge in [-0.1, -0.05) is 26.0 Å². The maximum atomic E-state index is 12.8. The van der Waals surface area contributed by atoms with Gasteiger partial charge in [0.25, 0.3) is 5.91 Å². The number of hydrogen-bond donors (Lipinski definition) is 0. The van der Waals surface area contributed by atoms with Crippen LogP contribution in [0.2, 0.25) is 0 Å². The van der Waals surface area contributed by atoms with E-state index in [9.17, 15) is 9.59 Å². The number of carbonyl (C=O) groups is 2. The lowest BCUT2D eigenvalue weighted by Gasteiger charge is -2.41. The van der Waals surface area contributed by atoms with Crippen LogP contribution in [0, 0.1) is 5.92 Å². The van der Waals surface area contributed by atoms with E-state index in [1.807, 2.05) is 36.1 Å². The number of fused-ring (bicyclic) bond motifs is 1. The molecule has 0 N–H and O–H groups in total. The quantitative estimate of drug-likeness (QED) is 0.861. The molecule has 124 valence electrons. The van der Waals surface area contributed by atoms with Gasteiger partial charge in [0.2, 0.25) is 5.91 Å². The zero-order valence-electron chi connectivity index (χ0n) is 14.3. The Morgan fingerprint density at radius 3 is 2.61 bits per heavy atom. The first-order chi connectivity index (χ1) is 11.0. The van der Waals surface area contributed by atoms with Crippen molar-refractivity contribution in [1.29, 1.82) is 0 Å². The van der Waals surface area contributed by atoms with Crippen molar-refractivity contribution in [2.75, 3.05) is 13.1 Å². The molecule has 2 aliphatic rings. The van der Waals surface area contributed by atoms with Crippen molar-refractivity contribution < 1.29 is 9.59 Å². The molecular weight excluding hydrogens is 288 g/mol. The highest BCUT2D eigenvalue weighted by molar-refractivity contribution is 5.98. The summed E-state index contributed by atoms with van der Waals surface area (Å²) < 4.78 is 0. The zero-order valence-corrected chi connectivity index (χ0v) is 14.3. The Morgan fingerprint density at radius 2 is 1.96 bits per heavy atom. The Balaban J connectivity index is 1.75. The van der Waals surface area contributed by atoms with E-state index in [0.717, 1.165) is 25.8 Å². The summed E-state index contributed by atoms with van der Waals surface area (Å²) in [5, 5.41) is 0. The van der Waals surface area contributed by atoms with Crippen LogP contribution in [0.15, 0.2) is 24.3 Å². The molecule has 0 bridgehead atoms. The van der Waals surface area contributed by atoms with Crippen LogP contribution in [-0.2, 0) is 11.2 Å². The number of benzene rings is 1. The van der Waals surface area contributed by atoms with E-state index in [2.05, 4.69) is 13.8 Å². The van der Waals surface area contributed by atoms with E-state index in [0.29, 0.717) is 18.0 Å². The van der Waals surface area contributed by atoms with Crippen molar-refractivity contribution in [1.82, 2.24) is 9.80 Å². The summed E-state index contributed by atoms with van der Waals surface area (Å²) in [7, 11) is 0. The predicted molar refractivity (Wildman–Crippen MR) is 90.2 cm³/mol. The number of hydrogen-bond acceptors (Lipinski definition) is 2. The van der Waals surface area contributed by atoms with Gasteiger partial charge >= 0.3 is 0 Å². The molecule has 2 fully saturated rings. The van der Waals surface area contributed by atoms with Gasteiger partial charge in [0.05, 0.1) is 0 Å². The highest BCUT2D eigenvalue weighted by Gasteiger charge is 2.42. The maximum absolute atomic E-state index is 12.8. The smallest absolute Gasteiger partial charge is 0.254 e. The van der Waals surface area contributed by atoms with Gasteiger partial charge in [-0.05, 0) is 49.8 Å². The fraction of sp³-hybridized carbons (Fsp3) is 0.579. The molecule has 2 aliphatic heterocycles. The van der Waals surface area contributed by atoms with Crippen molar-refractivity contribution in [2.45, 2.75) is 52.1 Å². The molecule has 0 saturated carbocycles. The Morgan fingerprint density at radius 1 is 1.26 bits per heavy atom. The molecule has 1 aromatic carbocycles. The average molecular weight is 314 g/mol. The van der Waals surface area contributed by atoms with Crippen LogP contribution >= 0.6 is 0 Å². The molecule has 0 radical (unpaired) electrons. The van der Waals surface area contributed by atoms with Crippen LogP contribution in [0.5, 0.6) is 0 Å². The second kappa shape index (κ2) is 6.34. The van der Waals surface area contributed by atoms with Gasteiger partial charge in [-0.3, -0.25) is 9.59 Å².